The van der Waals surface area contributed by atoms with Crippen LogP contribution in [-0.4, -0.2) is 42.1 Å². The van der Waals surface area contributed by atoms with Crippen LogP contribution in [0.5, 0.6) is 0 Å². The lowest BCUT2D eigenvalue weighted by Gasteiger charge is -2.26. The Morgan fingerprint density at radius 2 is 2.00 bits per heavy atom. The van der Waals surface area contributed by atoms with E-state index >= 15 is 0 Å². The molecule has 5 nitrogen and oxygen atoms in total. The van der Waals surface area contributed by atoms with Crippen LogP contribution in [0.15, 0.2) is 0 Å². The Labute approximate surface area is 90.9 Å². The van der Waals surface area contributed by atoms with E-state index in [1.165, 1.54) is 7.11 Å². The molecular formula is C10H21NO4. The van der Waals surface area contributed by atoms with Crippen molar-refractivity contribution < 1.29 is 19.5 Å². The normalized spacial score (nSPS) is 13.5. The summed E-state index contributed by atoms with van der Waals surface area (Å²) in [7, 11) is 1.40. The highest BCUT2D eigenvalue weighted by Crippen LogP contribution is 2.11. The number of aliphatic hydroxyl groups excluding tert-OH is 1. The van der Waals surface area contributed by atoms with Gasteiger partial charge in [-0.1, -0.05) is 6.92 Å². The molecule has 1 amide bonds. The van der Waals surface area contributed by atoms with Crippen molar-refractivity contribution in [3.05, 3.63) is 0 Å². The van der Waals surface area contributed by atoms with Crippen molar-refractivity contribution in [2.45, 2.75) is 33.3 Å². The first kappa shape index (κ1) is 14.2. The zero-order valence-electron chi connectivity index (χ0n) is 10.1. The van der Waals surface area contributed by atoms with Gasteiger partial charge in [-0.2, -0.15) is 5.06 Å². The summed E-state index contributed by atoms with van der Waals surface area (Å²) < 4.78 is 5.12. The van der Waals surface area contributed by atoms with Crippen LogP contribution >= 0.6 is 0 Å². The molecule has 0 rings (SSSR count). The number of carbonyl (C=O) groups excluding carboxylic acids is 1. The minimum absolute atomic E-state index is 0.00264. The molecule has 0 aromatic heterocycles. The first-order valence-electron chi connectivity index (χ1n) is 4.95. The minimum atomic E-state index is -0.545. The Kier molecular flexibility index (Phi) is 5.60. The highest BCUT2D eigenvalue weighted by molar-refractivity contribution is 5.66. The van der Waals surface area contributed by atoms with Gasteiger partial charge in [-0.25, -0.2) is 4.79 Å². The van der Waals surface area contributed by atoms with Gasteiger partial charge in [0, 0.05) is 6.61 Å². The maximum Gasteiger partial charge on any atom is 0.434 e. The van der Waals surface area contributed by atoms with Crippen molar-refractivity contribution in [1.82, 2.24) is 5.06 Å². The summed E-state index contributed by atoms with van der Waals surface area (Å²) in [4.78, 5) is 16.4. The number of nitrogens with zero attached hydrogens (tertiary/aromatic N) is 1. The summed E-state index contributed by atoms with van der Waals surface area (Å²) in [6.45, 7) is 7.48. The summed E-state index contributed by atoms with van der Waals surface area (Å²) >= 11 is 0. The van der Waals surface area contributed by atoms with Gasteiger partial charge in [-0.05, 0) is 26.7 Å². The fourth-order valence-corrected chi connectivity index (χ4v) is 0.877. The summed E-state index contributed by atoms with van der Waals surface area (Å²) in [6, 6.07) is 0. The van der Waals surface area contributed by atoms with Crippen LogP contribution in [0.4, 0.5) is 4.79 Å². The second-order valence-corrected chi connectivity index (χ2v) is 4.51. The molecule has 1 atom stereocenters. The van der Waals surface area contributed by atoms with Gasteiger partial charge >= 0.3 is 6.09 Å². The van der Waals surface area contributed by atoms with Crippen LogP contribution in [0.2, 0.25) is 0 Å². The van der Waals surface area contributed by atoms with E-state index in [-0.39, 0.29) is 12.5 Å². The molecule has 0 heterocycles. The number of hydrogen-bond donors (Lipinski definition) is 1. The summed E-state index contributed by atoms with van der Waals surface area (Å²) in [5, 5.41) is 9.96. The predicted molar refractivity (Wildman–Crippen MR) is 56.2 cm³/mol. The monoisotopic (exact) mass is 219 g/mol. The van der Waals surface area contributed by atoms with Crippen molar-refractivity contribution >= 4 is 6.09 Å². The van der Waals surface area contributed by atoms with E-state index in [2.05, 4.69) is 0 Å². The van der Waals surface area contributed by atoms with Crippen LogP contribution < -0.4 is 0 Å². The van der Waals surface area contributed by atoms with E-state index in [4.69, 9.17) is 14.7 Å². The highest BCUT2D eigenvalue weighted by atomic mass is 16.7. The van der Waals surface area contributed by atoms with Crippen LogP contribution in [0.3, 0.4) is 0 Å². The van der Waals surface area contributed by atoms with Gasteiger partial charge in [-0.15, -0.1) is 0 Å². The predicted octanol–water partition coefficient (Wildman–Crippen LogP) is 1.41. The average molecular weight is 219 g/mol. The van der Waals surface area contributed by atoms with Crippen molar-refractivity contribution in [3.8, 4) is 0 Å². The number of aliphatic hydroxyl groups is 1. The molecule has 90 valence electrons. The van der Waals surface area contributed by atoms with Crippen molar-refractivity contribution in [2.75, 3.05) is 20.3 Å². The number of hydroxylamine groups is 2. The Hall–Kier alpha value is -0.810. The quantitative estimate of drug-likeness (QED) is 0.726. The third-order valence-electron chi connectivity index (χ3n) is 1.61. The smallest absolute Gasteiger partial charge is 0.434 e. The second kappa shape index (κ2) is 5.92. The lowest BCUT2D eigenvalue weighted by Crippen LogP contribution is -2.39. The van der Waals surface area contributed by atoms with E-state index < -0.39 is 11.7 Å². The molecule has 0 saturated heterocycles. The Bertz CT molecular complexity index is 200. The Morgan fingerprint density at radius 1 is 1.47 bits per heavy atom. The first-order valence-corrected chi connectivity index (χ1v) is 4.95. The third kappa shape index (κ3) is 6.30. The van der Waals surface area contributed by atoms with E-state index in [9.17, 15) is 4.79 Å². The molecule has 5 heteroatoms. The highest BCUT2D eigenvalue weighted by Gasteiger charge is 2.23. The van der Waals surface area contributed by atoms with Crippen LogP contribution in [0.25, 0.3) is 0 Å². The van der Waals surface area contributed by atoms with Crippen molar-refractivity contribution in [2.24, 2.45) is 5.92 Å². The van der Waals surface area contributed by atoms with Gasteiger partial charge < -0.3 is 9.84 Å². The van der Waals surface area contributed by atoms with Gasteiger partial charge in [0.2, 0.25) is 0 Å². The number of ether oxygens (including phenoxy) is 1. The van der Waals surface area contributed by atoms with Gasteiger partial charge in [0.1, 0.15) is 5.60 Å². The van der Waals surface area contributed by atoms with E-state index in [1.807, 2.05) is 6.92 Å². The zero-order valence-corrected chi connectivity index (χ0v) is 10.1. The minimum Gasteiger partial charge on any atom is -0.442 e. The third-order valence-corrected chi connectivity index (χ3v) is 1.61. The van der Waals surface area contributed by atoms with Gasteiger partial charge in [-0.3, -0.25) is 4.84 Å². The molecule has 0 saturated carbocycles. The first-order chi connectivity index (χ1) is 6.80. The maximum absolute atomic E-state index is 11.5. The summed E-state index contributed by atoms with van der Waals surface area (Å²) in [6.07, 6.45) is -0.537. The molecule has 0 bridgehead atoms. The second-order valence-electron chi connectivity index (χ2n) is 4.51. The number of hydrogen-bond acceptors (Lipinski definition) is 4. The molecule has 0 aromatic carbocycles. The average Bonchev–Trinajstić information content (AvgIpc) is 2.10. The van der Waals surface area contributed by atoms with Crippen LogP contribution in [0, 0.1) is 5.92 Å². The molecule has 1 N–H and O–H groups in total. The molecule has 0 aliphatic heterocycles. The van der Waals surface area contributed by atoms with E-state index in [0.29, 0.717) is 6.54 Å². The van der Waals surface area contributed by atoms with E-state index in [0.717, 1.165) is 5.06 Å². The van der Waals surface area contributed by atoms with Gasteiger partial charge in [0.25, 0.3) is 0 Å². The van der Waals surface area contributed by atoms with Crippen molar-refractivity contribution in [3.63, 3.8) is 0 Å². The number of amides is 1. The lowest BCUT2D eigenvalue weighted by atomic mass is 10.2. The maximum atomic E-state index is 11.5. The Balaban J connectivity index is 4.23. The molecule has 0 aromatic rings. The molecule has 0 spiro atoms. The zero-order chi connectivity index (χ0) is 12.1. The largest absolute Gasteiger partial charge is 0.442 e. The lowest BCUT2D eigenvalue weighted by molar-refractivity contribution is -0.131. The number of carbonyl (C=O) groups is 1. The SMILES string of the molecule is CON(CC(C)CO)C(=O)OC(C)(C)C. The number of rotatable bonds is 4. The van der Waals surface area contributed by atoms with Crippen LogP contribution in [-0.2, 0) is 9.57 Å². The van der Waals surface area contributed by atoms with Gasteiger partial charge in [0.05, 0.1) is 13.7 Å². The molecule has 0 aliphatic rings. The molecule has 1 unspecified atom stereocenters. The van der Waals surface area contributed by atoms with Crippen molar-refractivity contribution in [1.29, 1.82) is 0 Å². The topological polar surface area (TPSA) is 59.0 Å². The van der Waals surface area contributed by atoms with E-state index in [1.54, 1.807) is 20.8 Å². The Morgan fingerprint density at radius 3 is 2.33 bits per heavy atom. The van der Waals surface area contributed by atoms with Crippen LogP contribution in [0.1, 0.15) is 27.7 Å². The molecule has 0 radical (unpaired) electrons. The van der Waals surface area contributed by atoms with Gasteiger partial charge in [0.15, 0.2) is 0 Å². The fraction of sp³-hybridized carbons (Fsp3) is 0.900. The summed E-state index contributed by atoms with van der Waals surface area (Å²) in [5.41, 5.74) is -0.545. The standard InChI is InChI=1S/C10H21NO4/c1-8(7-12)6-11(14-5)9(13)15-10(2,3)4/h8,12H,6-7H2,1-5H3. The summed E-state index contributed by atoms with van der Waals surface area (Å²) in [5.74, 6) is -0.0440. The fourth-order valence-electron chi connectivity index (χ4n) is 0.877. The molecule has 0 fully saturated rings. The molecule has 0 aliphatic carbocycles. The molecule has 15 heavy (non-hydrogen) atoms. The molecular weight excluding hydrogens is 198 g/mol.